The lowest BCUT2D eigenvalue weighted by Crippen LogP contribution is -2.40. The van der Waals surface area contributed by atoms with E-state index in [-0.39, 0.29) is 12.5 Å². The summed E-state index contributed by atoms with van der Waals surface area (Å²) in [6, 6.07) is 8.51. The lowest BCUT2D eigenvalue weighted by molar-refractivity contribution is -0.133. The highest BCUT2D eigenvalue weighted by atomic mass is 16.5. The van der Waals surface area contributed by atoms with Crippen LogP contribution < -0.4 is 16.4 Å². The number of ether oxygens (including phenoxy) is 1. The van der Waals surface area contributed by atoms with E-state index in [1.54, 1.807) is 24.4 Å². The molecule has 2 heterocycles. The zero-order chi connectivity index (χ0) is 20.3. The van der Waals surface area contributed by atoms with Crippen molar-refractivity contribution in [2.24, 2.45) is 5.73 Å². The van der Waals surface area contributed by atoms with Crippen LogP contribution in [0.2, 0.25) is 0 Å². The fourth-order valence-corrected chi connectivity index (χ4v) is 3.15. The number of rotatable bonds is 1. The number of methoxy groups -OCH3 is 1. The molecule has 0 aliphatic carbocycles. The summed E-state index contributed by atoms with van der Waals surface area (Å²) in [6.07, 6.45) is 2.50. The molecule has 2 atom stereocenters. The highest BCUT2D eigenvalue weighted by molar-refractivity contribution is 6.01. The van der Waals surface area contributed by atoms with Crippen LogP contribution in [0.3, 0.4) is 0 Å². The van der Waals surface area contributed by atoms with Crippen LogP contribution in [-0.4, -0.2) is 34.8 Å². The van der Waals surface area contributed by atoms with Crippen molar-refractivity contribution in [3.8, 4) is 11.1 Å². The number of aliphatic hydroxyl groups is 1. The fourth-order valence-electron chi connectivity index (χ4n) is 3.15. The number of aromatic nitrogens is 1. The molecule has 2 aromatic rings. The molecule has 8 nitrogen and oxygen atoms in total. The van der Waals surface area contributed by atoms with Gasteiger partial charge in [0.1, 0.15) is 5.60 Å². The van der Waals surface area contributed by atoms with E-state index < -0.39 is 17.6 Å². The van der Waals surface area contributed by atoms with Crippen molar-refractivity contribution in [2.75, 3.05) is 17.7 Å². The van der Waals surface area contributed by atoms with Gasteiger partial charge in [0.05, 0.1) is 18.5 Å². The number of hydrogen-bond acceptors (Lipinski definition) is 6. The van der Waals surface area contributed by atoms with Crippen molar-refractivity contribution < 1.29 is 19.4 Å². The van der Waals surface area contributed by atoms with Gasteiger partial charge >= 0.3 is 6.09 Å². The number of benzene rings is 1. The third-order valence-corrected chi connectivity index (χ3v) is 4.84. The quantitative estimate of drug-likeness (QED) is 0.599. The average Bonchev–Trinajstić information content (AvgIpc) is 2.67. The maximum atomic E-state index is 12.7. The summed E-state index contributed by atoms with van der Waals surface area (Å²) in [7, 11) is 1.27. The molecule has 0 fully saturated rings. The minimum Gasteiger partial charge on any atom is -0.453 e. The Balaban J connectivity index is 2.10. The molecule has 1 aromatic heterocycles. The van der Waals surface area contributed by atoms with Gasteiger partial charge in [0.25, 0.3) is 5.91 Å². The van der Waals surface area contributed by atoms with E-state index in [0.29, 0.717) is 24.2 Å². The molecule has 0 saturated heterocycles. The number of pyridine rings is 1. The second-order valence-electron chi connectivity index (χ2n) is 7.07. The fraction of sp³-hybridized carbons (Fsp3) is 0.350. The van der Waals surface area contributed by atoms with E-state index in [4.69, 9.17) is 5.73 Å². The number of anilines is 2. The van der Waals surface area contributed by atoms with Crippen molar-refractivity contribution in [1.82, 2.24) is 4.98 Å². The first kappa shape index (κ1) is 19.8. The monoisotopic (exact) mass is 384 g/mol. The molecular weight excluding hydrogens is 360 g/mol. The van der Waals surface area contributed by atoms with E-state index in [9.17, 15) is 14.7 Å². The molecule has 28 heavy (non-hydrogen) atoms. The Morgan fingerprint density at radius 2 is 2.18 bits per heavy atom. The number of hydrogen-bond donors (Lipinski definition) is 4. The van der Waals surface area contributed by atoms with Crippen molar-refractivity contribution in [3.05, 3.63) is 42.2 Å². The largest absolute Gasteiger partial charge is 0.453 e. The number of nitrogens with zero attached hydrogens (tertiary/aromatic N) is 1. The first-order valence-electron chi connectivity index (χ1n) is 9.05. The molecule has 8 heteroatoms. The van der Waals surface area contributed by atoms with Gasteiger partial charge in [-0.25, -0.2) is 4.79 Å². The highest BCUT2D eigenvalue weighted by Crippen LogP contribution is 2.33. The smallest absolute Gasteiger partial charge is 0.411 e. The summed E-state index contributed by atoms with van der Waals surface area (Å²) in [6.45, 7) is 1.48. The number of carbonyl (C=O) groups is 2. The van der Waals surface area contributed by atoms with Crippen LogP contribution in [0, 0.1) is 0 Å². The molecule has 2 amide bonds. The van der Waals surface area contributed by atoms with E-state index in [1.165, 1.54) is 14.0 Å². The molecule has 0 radical (unpaired) electrons. The van der Waals surface area contributed by atoms with Gasteiger partial charge in [-0.2, -0.15) is 0 Å². The topological polar surface area (TPSA) is 127 Å². The molecular formula is C20H24N4O4. The van der Waals surface area contributed by atoms with Gasteiger partial charge in [0.2, 0.25) is 0 Å². The summed E-state index contributed by atoms with van der Waals surface area (Å²) in [5.74, 6) is -0.521. The van der Waals surface area contributed by atoms with E-state index in [0.717, 1.165) is 16.8 Å². The van der Waals surface area contributed by atoms with Crippen LogP contribution in [0.1, 0.15) is 37.9 Å². The predicted molar refractivity (Wildman–Crippen MR) is 106 cm³/mol. The summed E-state index contributed by atoms with van der Waals surface area (Å²) >= 11 is 0. The third kappa shape index (κ3) is 4.29. The van der Waals surface area contributed by atoms with E-state index in [2.05, 4.69) is 20.4 Å². The molecule has 1 aliphatic heterocycles. The van der Waals surface area contributed by atoms with Gasteiger partial charge in [-0.1, -0.05) is 6.07 Å². The Morgan fingerprint density at radius 1 is 1.39 bits per heavy atom. The Hall–Kier alpha value is -2.97. The van der Waals surface area contributed by atoms with Crippen LogP contribution >= 0.6 is 0 Å². The summed E-state index contributed by atoms with van der Waals surface area (Å²) in [4.78, 5) is 28.6. The first-order chi connectivity index (χ1) is 13.3. The maximum Gasteiger partial charge on any atom is 0.411 e. The molecule has 1 aliphatic rings. The van der Waals surface area contributed by atoms with Crippen molar-refractivity contribution >= 4 is 23.4 Å². The van der Waals surface area contributed by atoms with Gasteiger partial charge < -0.3 is 20.9 Å². The second-order valence-corrected chi connectivity index (χ2v) is 7.07. The Kier molecular flexibility index (Phi) is 5.62. The molecule has 0 saturated carbocycles. The zero-order valence-electron chi connectivity index (χ0n) is 15.9. The van der Waals surface area contributed by atoms with Gasteiger partial charge in [0.15, 0.2) is 0 Å². The highest BCUT2D eigenvalue weighted by Gasteiger charge is 2.31. The molecule has 0 spiro atoms. The third-order valence-electron chi connectivity index (χ3n) is 4.84. The standard InChI is InChI=1S/C20H24N4O4/c1-20(27)8-3-4-15(21)17-10-12(7-9-22-17)14-6-5-13(23-19(26)28-2)11-16(14)24-18(20)25/h5-7,9-11,15,27H,3-4,8,21H2,1-2H3,(H,23,26)(H,24,25)/t15-,20?/m0/s1. The number of nitrogens with two attached hydrogens (primary N) is 1. The molecule has 5 N–H and O–H groups in total. The van der Waals surface area contributed by atoms with Crippen molar-refractivity contribution in [1.29, 1.82) is 0 Å². The van der Waals surface area contributed by atoms with E-state index in [1.807, 2.05) is 12.1 Å². The summed E-state index contributed by atoms with van der Waals surface area (Å²) in [5, 5.41) is 16.0. The van der Waals surface area contributed by atoms with Crippen LogP contribution in [0.15, 0.2) is 36.5 Å². The average molecular weight is 384 g/mol. The Labute approximate surface area is 163 Å². The number of nitrogens with one attached hydrogen (secondary N) is 2. The molecule has 1 aromatic carbocycles. The molecule has 3 rings (SSSR count). The summed E-state index contributed by atoms with van der Waals surface area (Å²) < 4.78 is 4.61. The lowest BCUT2D eigenvalue weighted by atomic mass is 9.93. The molecule has 2 bridgehead atoms. The number of amides is 2. The van der Waals surface area contributed by atoms with Crippen molar-refractivity contribution in [2.45, 2.75) is 37.8 Å². The van der Waals surface area contributed by atoms with Crippen LogP contribution in [0.4, 0.5) is 16.2 Å². The summed E-state index contributed by atoms with van der Waals surface area (Å²) in [5.41, 5.74) is 7.88. The lowest BCUT2D eigenvalue weighted by Gasteiger charge is -2.25. The minimum absolute atomic E-state index is 0.266. The van der Waals surface area contributed by atoms with Crippen molar-refractivity contribution in [3.63, 3.8) is 0 Å². The second kappa shape index (κ2) is 7.95. The normalized spacial score (nSPS) is 22.1. The number of fused-ring (bicyclic) bond motifs is 4. The van der Waals surface area contributed by atoms with Gasteiger partial charge in [0, 0.05) is 23.5 Å². The van der Waals surface area contributed by atoms with Gasteiger partial charge in [-0.05, 0) is 56.0 Å². The minimum atomic E-state index is -1.55. The van der Waals surface area contributed by atoms with Crippen LogP contribution in [0.5, 0.6) is 0 Å². The van der Waals surface area contributed by atoms with E-state index >= 15 is 0 Å². The first-order valence-corrected chi connectivity index (χ1v) is 9.05. The Bertz CT molecular complexity index is 898. The zero-order valence-corrected chi connectivity index (χ0v) is 15.9. The Morgan fingerprint density at radius 3 is 2.93 bits per heavy atom. The van der Waals surface area contributed by atoms with Gasteiger partial charge in [-0.3, -0.25) is 15.1 Å². The van der Waals surface area contributed by atoms with Gasteiger partial charge in [-0.15, -0.1) is 0 Å². The maximum absolute atomic E-state index is 12.7. The molecule has 148 valence electrons. The molecule has 1 unspecified atom stereocenters. The SMILES string of the molecule is COC(=O)Nc1ccc2c(c1)NC(=O)C(C)(O)CCC[C@H](N)c1cc-2ccn1. The van der Waals surface area contributed by atoms with Crippen LogP contribution in [-0.2, 0) is 9.53 Å². The number of carbonyl (C=O) groups excluding carboxylic acids is 2. The predicted octanol–water partition coefficient (Wildman–Crippen LogP) is 2.80. The van der Waals surface area contributed by atoms with Crippen LogP contribution in [0.25, 0.3) is 11.1 Å².